The quantitative estimate of drug-likeness (QED) is 0.599. The number of hydrogen-bond acceptors (Lipinski definition) is 6. The van der Waals surface area contributed by atoms with Crippen LogP contribution in [0.3, 0.4) is 0 Å². The first-order chi connectivity index (χ1) is 13.0. The summed E-state index contributed by atoms with van der Waals surface area (Å²) in [4.78, 5) is 16.9. The number of hydrogen-bond donors (Lipinski definition) is 0. The van der Waals surface area contributed by atoms with Gasteiger partial charge in [0, 0.05) is 11.3 Å². The molecule has 3 rings (SSSR count). The van der Waals surface area contributed by atoms with Crippen LogP contribution in [0.4, 0.5) is 4.39 Å². The van der Waals surface area contributed by atoms with E-state index >= 15 is 0 Å². The van der Waals surface area contributed by atoms with Crippen molar-refractivity contribution in [2.75, 3.05) is 5.75 Å². The second-order valence-corrected chi connectivity index (χ2v) is 7.39. The summed E-state index contributed by atoms with van der Waals surface area (Å²) in [6.07, 6.45) is 0. The number of nitrogens with zero attached hydrogens (tertiary/aromatic N) is 2. The molecule has 2 aromatic carbocycles. The largest absolute Gasteiger partial charge is 0.452 e. The van der Waals surface area contributed by atoms with Gasteiger partial charge in [-0.25, -0.2) is 9.18 Å². The van der Waals surface area contributed by atoms with E-state index in [1.165, 1.54) is 6.07 Å². The normalized spacial score (nSPS) is 12.0. The van der Waals surface area contributed by atoms with Crippen molar-refractivity contribution in [1.82, 2.24) is 10.1 Å². The van der Waals surface area contributed by atoms with Gasteiger partial charge in [0.15, 0.2) is 6.61 Å². The molecule has 0 aliphatic rings. The van der Waals surface area contributed by atoms with Crippen LogP contribution in [0.15, 0.2) is 51.9 Å². The van der Waals surface area contributed by atoms with Crippen LogP contribution in [0.1, 0.15) is 28.7 Å². The molecule has 0 amide bonds. The van der Waals surface area contributed by atoms with E-state index in [9.17, 15) is 13.4 Å². The van der Waals surface area contributed by atoms with Gasteiger partial charge >= 0.3 is 5.97 Å². The maximum atomic E-state index is 13.7. The number of benzene rings is 2. The Morgan fingerprint density at radius 2 is 2.04 bits per heavy atom. The molecule has 8 heteroatoms. The van der Waals surface area contributed by atoms with Crippen LogP contribution in [0.25, 0.3) is 11.4 Å². The highest BCUT2D eigenvalue weighted by atomic mass is 32.2. The van der Waals surface area contributed by atoms with Crippen LogP contribution in [0, 0.1) is 12.7 Å². The highest BCUT2D eigenvalue weighted by Crippen LogP contribution is 2.20. The molecule has 27 heavy (non-hydrogen) atoms. The van der Waals surface area contributed by atoms with E-state index in [0.717, 1.165) is 0 Å². The van der Waals surface area contributed by atoms with Crippen molar-refractivity contribution in [3.63, 3.8) is 0 Å². The van der Waals surface area contributed by atoms with Gasteiger partial charge in [-0.1, -0.05) is 36.3 Å². The van der Waals surface area contributed by atoms with Gasteiger partial charge in [-0.3, -0.25) is 4.21 Å². The summed E-state index contributed by atoms with van der Waals surface area (Å²) in [5.41, 5.74) is 1.21. The van der Waals surface area contributed by atoms with Crippen LogP contribution in [-0.2, 0) is 22.1 Å². The van der Waals surface area contributed by atoms with Gasteiger partial charge in [-0.15, -0.1) is 0 Å². The van der Waals surface area contributed by atoms with E-state index in [2.05, 4.69) is 10.1 Å². The molecule has 0 saturated carbocycles. The van der Waals surface area contributed by atoms with Crippen LogP contribution in [0.5, 0.6) is 0 Å². The number of rotatable bonds is 6. The molecule has 0 radical (unpaired) electrons. The number of aromatic nitrogens is 2. The summed E-state index contributed by atoms with van der Waals surface area (Å²) in [6.45, 7) is 3.18. The number of carbonyl (C=O) groups excluding carboxylic acids is 1. The molecule has 0 saturated heterocycles. The van der Waals surface area contributed by atoms with E-state index in [0.29, 0.717) is 21.8 Å². The van der Waals surface area contributed by atoms with Gasteiger partial charge in [0.05, 0.1) is 21.3 Å². The number of aryl methyl sites for hydroxylation is 1. The molecule has 0 N–H and O–H groups in total. The van der Waals surface area contributed by atoms with Crippen LogP contribution >= 0.6 is 0 Å². The van der Waals surface area contributed by atoms with E-state index in [-0.39, 0.29) is 29.7 Å². The lowest BCUT2D eigenvalue weighted by Crippen LogP contribution is -2.10. The lowest BCUT2D eigenvalue weighted by molar-refractivity contribution is 0.0425. The Bertz CT molecular complexity index is 1000. The monoisotopic (exact) mass is 388 g/mol. The first-order valence-corrected chi connectivity index (χ1v) is 9.55. The average Bonchev–Trinajstić information content (AvgIpc) is 3.16. The fraction of sp³-hybridized carbons (Fsp3) is 0.211. The van der Waals surface area contributed by atoms with Crippen molar-refractivity contribution >= 4 is 16.8 Å². The van der Waals surface area contributed by atoms with E-state index in [4.69, 9.17) is 9.26 Å². The van der Waals surface area contributed by atoms with E-state index in [1.54, 1.807) is 50.2 Å². The number of halogens is 1. The SMILES string of the molecule is CCS(=O)c1ccccc1C(=O)OCc1nc(-c2ccc(C)c(F)c2)no1. The van der Waals surface area contributed by atoms with Gasteiger partial charge in [-0.2, -0.15) is 4.98 Å². The minimum atomic E-state index is -1.28. The summed E-state index contributed by atoms with van der Waals surface area (Å²) in [6, 6.07) is 11.2. The molecule has 6 nitrogen and oxygen atoms in total. The molecule has 1 unspecified atom stereocenters. The van der Waals surface area contributed by atoms with Crippen molar-refractivity contribution in [3.8, 4) is 11.4 Å². The second kappa shape index (κ2) is 8.22. The summed E-state index contributed by atoms with van der Waals surface area (Å²) in [7, 11) is -1.28. The zero-order chi connectivity index (χ0) is 19.4. The summed E-state index contributed by atoms with van der Waals surface area (Å²) in [5.74, 6) is -0.329. The van der Waals surface area contributed by atoms with Gasteiger partial charge in [0.2, 0.25) is 5.82 Å². The molecule has 0 aliphatic carbocycles. The first kappa shape index (κ1) is 18.9. The van der Waals surface area contributed by atoms with Gasteiger partial charge in [-0.05, 0) is 30.7 Å². The van der Waals surface area contributed by atoms with Crippen LogP contribution in [-0.4, -0.2) is 26.1 Å². The zero-order valence-corrected chi connectivity index (χ0v) is 15.6. The second-order valence-electron chi connectivity index (χ2n) is 5.68. The lowest BCUT2D eigenvalue weighted by Gasteiger charge is -2.07. The third kappa shape index (κ3) is 4.28. The number of esters is 1. The molecule has 0 fully saturated rings. The average molecular weight is 388 g/mol. The van der Waals surface area contributed by atoms with Crippen molar-refractivity contribution < 1.29 is 22.7 Å². The lowest BCUT2D eigenvalue weighted by atomic mass is 10.1. The minimum Gasteiger partial charge on any atom is -0.452 e. The van der Waals surface area contributed by atoms with Crippen molar-refractivity contribution in [2.24, 2.45) is 0 Å². The fourth-order valence-electron chi connectivity index (χ4n) is 2.36. The van der Waals surface area contributed by atoms with Crippen molar-refractivity contribution in [1.29, 1.82) is 0 Å². The Morgan fingerprint density at radius 3 is 2.78 bits per heavy atom. The molecule has 1 aromatic heterocycles. The highest BCUT2D eigenvalue weighted by molar-refractivity contribution is 7.85. The van der Waals surface area contributed by atoms with Crippen LogP contribution in [0.2, 0.25) is 0 Å². The van der Waals surface area contributed by atoms with Crippen molar-refractivity contribution in [2.45, 2.75) is 25.3 Å². The molecule has 1 heterocycles. The van der Waals surface area contributed by atoms with Crippen molar-refractivity contribution in [3.05, 3.63) is 65.3 Å². The molecule has 3 aromatic rings. The predicted octanol–water partition coefficient (Wildman–Crippen LogP) is 3.67. The Morgan fingerprint density at radius 1 is 1.26 bits per heavy atom. The van der Waals surface area contributed by atoms with E-state index < -0.39 is 16.8 Å². The van der Waals surface area contributed by atoms with E-state index in [1.807, 2.05) is 0 Å². The fourth-order valence-corrected chi connectivity index (χ4v) is 3.30. The molecule has 1 atom stereocenters. The van der Waals surface area contributed by atoms with Gasteiger partial charge < -0.3 is 9.26 Å². The standard InChI is InChI=1S/C19H17FN2O4S/c1-3-27(24)16-7-5-4-6-14(16)19(23)25-11-17-21-18(22-26-17)13-9-8-12(2)15(20)10-13/h4-10H,3,11H2,1-2H3. The maximum Gasteiger partial charge on any atom is 0.339 e. The van der Waals surface area contributed by atoms with Gasteiger partial charge in [0.25, 0.3) is 5.89 Å². The maximum absolute atomic E-state index is 13.7. The number of ether oxygens (including phenoxy) is 1. The van der Waals surface area contributed by atoms with Crippen LogP contribution < -0.4 is 0 Å². The Labute approximate surface area is 157 Å². The smallest absolute Gasteiger partial charge is 0.339 e. The summed E-state index contributed by atoms with van der Waals surface area (Å²) in [5, 5.41) is 3.77. The Hall–Kier alpha value is -2.87. The summed E-state index contributed by atoms with van der Waals surface area (Å²) < 4.78 is 36.0. The molecule has 0 aliphatic heterocycles. The molecular formula is C19H17FN2O4S. The third-order valence-corrected chi connectivity index (χ3v) is 5.21. The molecule has 140 valence electrons. The Balaban J connectivity index is 1.71. The topological polar surface area (TPSA) is 82.3 Å². The molecular weight excluding hydrogens is 371 g/mol. The Kier molecular flexibility index (Phi) is 5.75. The first-order valence-electron chi connectivity index (χ1n) is 8.23. The molecule has 0 bridgehead atoms. The third-order valence-electron chi connectivity index (χ3n) is 3.84. The number of carbonyl (C=O) groups is 1. The minimum absolute atomic E-state index is 0.0772. The molecule has 0 spiro atoms. The van der Waals surface area contributed by atoms with Gasteiger partial charge in [0.1, 0.15) is 5.82 Å². The zero-order valence-electron chi connectivity index (χ0n) is 14.8. The predicted molar refractivity (Wildman–Crippen MR) is 96.9 cm³/mol. The summed E-state index contributed by atoms with van der Waals surface area (Å²) >= 11 is 0. The highest BCUT2D eigenvalue weighted by Gasteiger charge is 2.18.